The van der Waals surface area contributed by atoms with Gasteiger partial charge in [-0.25, -0.2) is 4.98 Å². The molecule has 4 nitrogen and oxygen atoms in total. The van der Waals surface area contributed by atoms with Crippen molar-refractivity contribution in [3.63, 3.8) is 0 Å². The van der Waals surface area contributed by atoms with Crippen molar-refractivity contribution in [2.45, 2.75) is 26.4 Å². The van der Waals surface area contributed by atoms with Crippen molar-refractivity contribution in [3.05, 3.63) is 15.6 Å². The molecule has 0 amide bonds. The molecular weight excluding hydrogens is 212 g/mol. The largest absolute Gasteiger partial charge is 0.373 e. The second-order valence-electron chi connectivity index (χ2n) is 3.31. The lowest BCUT2D eigenvalue weighted by Crippen LogP contribution is -2.18. The number of hydrogen-bond acceptors (Lipinski definition) is 5. The molecule has 1 unspecified atom stereocenters. The number of carbonyl (C=O) groups is 1. The van der Waals surface area contributed by atoms with E-state index < -0.39 is 6.10 Å². The average Bonchev–Trinajstić information content (AvgIpc) is 2.59. The topological polar surface area (TPSA) is 65.2 Å². The van der Waals surface area contributed by atoms with Crippen LogP contribution in [0.5, 0.6) is 0 Å². The highest BCUT2D eigenvalue weighted by Crippen LogP contribution is 2.20. The molecule has 0 aliphatic carbocycles. The van der Waals surface area contributed by atoms with Crippen LogP contribution >= 0.6 is 11.3 Å². The molecule has 0 fully saturated rings. The number of nitrogens with zero attached hydrogens (tertiary/aromatic N) is 1. The molecule has 0 aromatic carbocycles. The summed E-state index contributed by atoms with van der Waals surface area (Å²) in [5, 5.41) is 0.519. The van der Waals surface area contributed by atoms with E-state index in [1.54, 1.807) is 6.92 Å². The molecule has 0 saturated carbocycles. The van der Waals surface area contributed by atoms with Crippen molar-refractivity contribution >= 4 is 17.1 Å². The molecule has 0 radical (unpaired) electrons. The van der Waals surface area contributed by atoms with Crippen molar-refractivity contribution in [2.75, 3.05) is 13.7 Å². The summed E-state index contributed by atoms with van der Waals surface area (Å²) in [5.41, 5.74) is 6.37. The number of nitrogens with two attached hydrogens (primary N) is 1. The fourth-order valence-electron chi connectivity index (χ4n) is 1.18. The normalized spacial score (nSPS) is 12.8. The van der Waals surface area contributed by atoms with Gasteiger partial charge in [-0.05, 0) is 26.8 Å². The molecule has 0 aliphatic rings. The molecule has 1 aromatic rings. The first-order valence-electron chi connectivity index (χ1n) is 4.83. The molecule has 0 spiro atoms. The van der Waals surface area contributed by atoms with Gasteiger partial charge in [0.1, 0.15) is 6.10 Å². The number of ketones is 1. The van der Waals surface area contributed by atoms with Crippen LogP contribution in [0, 0.1) is 6.92 Å². The highest BCUT2D eigenvalue weighted by molar-refractivity contribution is 7.13. The Hall–Kier alpha value is -0.780. The van der Waals surface area contributed by atoms with Crippen LogP contribution in [0.4, 0.5) is 0 Å². The first kappa shape index (κ1) is 12.3. The fourth-order valence-corrected chi connectivity index (χ4v) is 2.27. The van der Waals surface area contributed by atoms with E-state index in [0.717, 1.165) is 17.0 Å². The smallest absolute Gasteiger partial charge is 0.219 e. The van der Waals surface area contributed by atoms with Crippen LogP contribution < -0.4 is 5.73 Å². The Labute approximate surface area is 93.5 Å². The van der Waals surface area contributed by atoms with Gasteiger partial charge in [-0.1, -0.05) is 0 Å². The van der Waals surface area contributed by atoms with Gasteiger partial charge in [-0.2, -0.15) is 0 Å². The Bertz CT molecular complexity index is 349. The van der Waals surface area contributed by atoms with Crippen molar-refractivity contribution in [1.29, 1.82) is 0 Å². The van der Waals surface area contributed by atoms with Gasteiger partial charge in [0, 0.05) is 12.0 Å². The van der Waals surface area contributed by atoms with E-state index in [9.17, 15) is 4.79 Å². The number of Topliss-reactive ketones (excluding diaryl/α,β-unsaturated/α-hetero) is 1. The van der Waals surface area contributed by atoms with Gasteiger partial charge in [0.2, 0.25) is 5.78 Å². The summed E-state index contributed by atoms with van der Waals surface area (Å²) in [4.78, 5) is 17.1. The molecule has 1 aromatic heterocycles. The summed E-state index contributed by atoms with van der Waals surface area (Å²) in [5.74, 6) is -0.0612. The molecule has 0 saturated heterocycles. The first-order chi connectivity index (χ1) is 7.10. The summed E-state index contributed by atoms with van der Waals surface area (Å²) in [7, 11) is 1.52. The number of methoxy groups -OCH3 is 1. The minimum atomic E-state index is -0.429. The van der Waals surface area contributed by atoms with E-state index in [2.05, 4.69) is 4.98 Å². The molecule has 15 heavy (non-hydrogen) atoms. The predicted octanol–water partition coefficient (Wildman–Crippen LogP) is 1.17. The maximum absolute atomic E-state index is 11.7. The number of thiazole rings is 1. The van der Waals surface area contributed by atoms with E-state index in [1.165, 1.54) is 18.4 Å². The number of rotatable bonds is 5. The zero-order chi connectivity index (χ0) is 11.4. The maximum Gasteiger partial charge on any atom is 0.219 e. The van der Waals surface area contributed by atoms with Gasteiger partial charge in [-0.3, -0.25) is 4.79 Å². The van der Waals surface area contributed by atoms with Crippen molar-refractivity contribution in [2.24, 2.45) is 5.73 Å². The monoisotopic (exact) mass is 228 g/mol. The first-order valence-corrected chi connectivity index (χ1v) is 5.65. The Kier molecular flexibility index (Phi) is 4.38. The summed E-state index contributed by atoms with van der Waals surface area (Å²) >= 11 is 1.42. The van der Waals surface area contributed by atoms with Crippen LogP contribution in [-0.2, 0) is 11.2 Å². The van der Waals surface area contributed by atoms with E-state index >= 15 is 0 Å². The Morgan fingerprint density at radius 1 is 1.67 bits per heavy atom. The third-order valence-corrected chi connectivity index (χ3v) is 3.43. The number of carbonyl (C=O) groups excluding carboxylic acids is 1. The number of aryl methyl sites for hydroxylation is 1. The lowest BCUT2D eigenvalue weighted by atomic mass is 10.2. The summed E-state index contributed by atoms with van der Waals surface area (Å²) in [6.07, 6.45) is 0.347. The quantitative estimate of drug-likeness (QED) is 0.768. The van der Waals surface area contributed by atoms with E-state index in [1.807, 2.05) is 6.92 Å². The molecule has 1 rings (SSSR count). The van der Waals surface area contributed by atoms with Gasteiger partial charge < -0.3 is 10.5 Å². The summed E-state index contributed by atoms with van der Waals surface area (Å²) < 4.78 is 4.97. The van der Waals surface area contributed by atoms with Gasteiger partial charge in [0.25, 0.3) is 0 Å². The number of aromatic nitrogens is 1. The Morgan fingerprint density at radius 3 is 2.87 bits per heavy atom. The zero-order valence-electron chi connectivity index (χ0n) is 9.24. The predicted molar refractivity (Wildman–Crippen MR) is 60.4 cm³/mol. The minimum absolute atomic E-state index is 0.0612. The molecule has 0 aliphatic heterocycles. The molecule has 1 atom stereocenters. The van der Waals surface area contributed by atoms with Crippen LogP contribution in [0.15, 0.2) is 0 Å². The summed E-state index contributed by atoms with van der Waals surface area (Å²) in [6, 6.07) is 0. The third kappa shape index (κ3) is 2.84. The van der Waals surface area contributed by atoms with E-state index in [-0.39, 0.29) is 5.78 Å². The molecule has 5 heteroatoms. The fraction of sp³-hybridized carbons (Fsp3) is 0.600. The van der Waals surface area contributed by atoms with Crippen LogP contribution in [0.25, 0.3) is 0 Å². The highest BCUT2D eigenvalue weighted by atomic mass is 32.1. The van der Waals surface area contributed by atoms with Crippen LogP contribution in [0.3, 0.4) is 0 Å². The lowest BCUT2D eigenvalue weighted by Gasteiger charge is -2.04. The van der Waals surface area contributed by atoms with Crippen LogP contribution in [-0.4, -0.2) is 30.5 Å². The van der Waals surface area contributed by atoms with E-state index in [4.69, 9.17) is 10.5 Å². The summed E-state index contributed by atoms with van der Waals surface area (Å²) in [6.45, 7) is 4.20. The SMILES string of the molecule is COC(C)C(=O)c1nc(C)c(CCN)s1. The van der Waals surface area contributed by atoms with E-state index in [0.29, 0.717) is 11.6 Å². The second-order valence-corrected chi connectivity index (χ2v) is 4.39. The van der Waals surface area contributed by atoms with Gasteiger partial charge in [-0.15, -0.1) is 11.3 Å². The third-order valence-electron chi connectivity index (χ3n) is 2.20. The molecule has 1 heterocycles. The highest BCUT2D eigenvalue weighted by Gasteiger charge is 2.19. The minimum Gasteiger partial charge on any atom is -0.373 e. The van der Waals surface area contributed by atoms with Crippen molar-refractivity contribution in [1.82, 2.24) is 4.98 Å². The van der Waals surface area contributed by atoms with Crippen molar-refractivity contribution < 1.29 is 9.53 Å². The van der Waals surface area contributed by atoms with Crippen molar-refractivity contribution in [3.8, 4) is 0 Å². The average molecular weight is 228 g/mol. The van der Waals surface area contributed by atoms with Gasteiger partial charge in [0.15, 0.2) is 5.01 Å². The van der Waals surface area contributed by atoms with Crippen LogP contribution in [0.2, 0.25) is 0 Å². The molecular formula is C10H16N2O2S. The molecule has 0 bridgehead atoms. The lowest BCUT2D eigenvalue weighted by molar-refractivity contribution is 0.0655. The van der Waals surface area contributed by atoms with Gasteiger partial charge in [0.05, 0.1) is 5.69 Å². The molecule has 84 valence electrons. The molecule has 2 N–H and O–H groups in total. The van der Waals surface area contributed by atoms with Crippen LogP contribution in [0.1, 0.15) is 27.3 Å². The Morgan fingerprint density at radius 2 is 2.33 bits per heavy atom. The zero-order valence-corrected chi connectivity index (χ0v) is 10.1. The maximum atomic E-state index is 11.7. The number of hydrogen-bond donors (Lipinski definition) is 1. The second kappa shape index (κ2) is 5.34. The van der Waals surface area contributed by atoms with Gasteiger partial charge >= 0.3 is 0 Å². The number of ether oxygens (including phenoxy) is 1. The standard InChI is InChI=1S/C10H16N2O2S/c1-6-8(4-5-11)15-10(12-6)9(13)7(2)14-3/h7H,4-5,11H2,1-3H3. The Balaban J connectivity index is 2.87.